The molecule has 1 aromatic carbocycles. The van der Waals surface area contributed by atoms with E-state index in [1.165, 1.54) is 12.1 Å². The van der Waals surface area contributed by atoms with Gasteiger partial charge in [0, 0.05) is 11.4 Å². The van der Waals surface area contributed by atoms with Crippen LogP contribution in [-0.2, 0) is 0 Å². The van der Waals surface area contributed by atoms with E-state index in [2.05, 4.69) is 0 Å². The third-order valence-electron chi connectivity index (χ3n) is 2.17. The van der Waals surface area contributed by atoms with Crippen LogP contribution in [0.2, 0.25) is 5.02 Å². The summed E-state index contributed by atoms with van der Waals surface area (Å²) in [7, 11) is 0. The molecule has 4 heteroatoms. The molecule has 15 heavy (non-hydrogen) atoms. The van der Waals surface area contributed by atoms with Gasteiger partial charge in [-0.25, -0.2) is 4.39 Å². The average Bonchev–Trinajstić information content (AvgIpc) is 2.17. The number of carbonyl (C=O) groups is 1. The zero-order chi connectivity index (χ0) is 11.4. The molecule has 1 aromatic rings. The maximum atomic E-state index is 13.3. The molecule has 0 radical (unpaired) electrons. The van der Waals surface area contributed by atoms with Crippen molar-refractivity contribution in [1.82, 2.24) is 0 Å². The molecule has 2 N–H and O–H groups in total. The first kappa shape index (κ1) is 12.1. The van der Waals surface area contributed by atoms with Crippen molar-refractivity contribution in [2.75, 3.05) is 6.54 Å². The van der Waals surface area contributed by atoms with Gasteiger partial charge in [0.15, 0.2) is 5.78 Å². The molecule has 1 unspecified atom stereocenters. The summed E-state index contributed by atoms with van der Waals surface area (Å²) in [5.74, 6) is -0.744. The molecule has 2 nitrogen and oxygen atoms in total. The predicted molar refractivity (Wildman–Crippen MR) is 58.6 cm³/mol. The van der Waals surface area contributed by atoms with Crippen LogP contribution in [0.15, 0.2) is 18.2 Å². The maximum absolute atomic E-state index is 13.3. The molecule has 0 aromatic heterocycles. The van der Waals surface area contributed by atoms with Gasteiger partial charge in [-0.2, -0.15) is 0 Å². The van der Waals surface area contributed by atoms with Crippen molar-refractivity contribution in [3.8, 4) is 0 Å². The quantitative estimate of drug-likeness (QED) is 0.807. The van der Waals surface area contributed by atoms with Gasteiger partial charge in [-0.15, -0.1) is 0 Å². The van der Waals surface area contributed by atoms with E-state index in [1.807, 2.05) is 6.92 Å². The van der Waals surface area contributed by atoms with Crippen LogP contribution in [0.25, 0.3) is 0 Å². The summed E-state index contributed by atoms with van der Waals surface area (Å²) in [5, 5.41) is 0.288. The van der Waals surface area contributed by atoms with E-state index in [0.717, 1.165) is 6.07 Å². The van der Waals surface area contributed by atoms with Crippen LogP contribution in [0.1, 0.15) is 23.7 Å². The minimum absolute atomic E-state index is 0.0626. The van der Waals surface area contributed by atoms with E-state index < -0.39 is 5.82 Å². The number of halogens is 2. The van der Waals surface area contributed by atoms with Gasteiger partial charge in [-0.3, -0.25) is 4.79 Å². The van der Waals surface area contributed by atoms with Crippen molar-refractivity contribution >= 4 is 17.4 Å². The number of ketones is 1. The smallest absolute Gasteiger partial charge is 0.166 e. The molecule has 0 saturated heterocycles. The molecule has 0 aliphatic heterocycles. The highest BCUT2D eigenvalue weighted by molar-refractivity contribution is 6.30. The first-order valence-corrected chi connectivity index (χ1v) is 5.10. The molecule has 0 spiro atoms. The Kier molecular flexibility index (Phi) is 4.24. The Morgan fingerprint density at radius 1 is 1.60 bits per heavy atom. The van der Waals surface area contributed by atoms with Crippen molar-refractivity contribution in [3.63, 3.8) is 0 Å². The molecule has 1 rings (SSSR count). The summed E-state index contributed by atoms with van der Waals surface area (Å²) >= 11 is 5.58. The van der Waals surface area contributed by atoms with Gasteiger partial charge in [-0.1, -0.05) is 18.5 Å². The molecule has 0 bridgehead atoms. The number of carbonyl (C=O) groups excluding carboxylic acids is 1. The highest BCUT2D eigenvalue weighted by Crippen LogP contribution is 2.17. The van der Waals surface area contributed by atoms with E-state index >= 15 is 0 Å². The zero-order valence-corrected chi connectivity index (χ0v) is 9.22. The Bertz CT molecular complexity index is 368. The second kappa shape index (κ2) is 5.24. The summed E-state index contributed by atoms with van der Waals surface area (Å²) in [4.78, 5) is 11.6. The molecule has 0 aliphatic rings. The normalized spacial score (nSPS) is 12.5. The standard InChI is InChI=1S/C11H13ClFNO/c1-7(6-14)4-11(15)9-3-2-8(12)5-10(9)13/h2-3,5,7H,4,6,14H2,1H3. The van der Waals surface area contributed by atoms with Crippen LogP contribution in [0.5, 0.6) is 0 Å². The first-order valence-electron chi connectivity index (χ1n) is 4.73. The lowest BCUT2D eigenvalue weighted by Gasteiger charge is -2.07. The predicted octanol–water partition coefficient (Wildman–Crippen LogP) is 2.65. The van der Waals surface area contributed by atoms with Crippen molar-refractivity contribution < 1.29 is 9.18 Å². The van der Waals surface area contributed by atoms with Crippen molar-refractivity contribution in [2.45, 2.75) is 13.3 Å². The van der Waals surface area contributed by atoms with Gasteiger partial charge < -0.3 is 5.73 Å². The summed E-state index contributed by atoms with van der Waals surface area (Å²) in [6.45, 7) is 2.27. The Balaban J connectivity index is 2.82. The van der Waals surface area contributed by atoms with Gasteiger partial charge in [-0.05, 0) is 30.7 Å². The molecule has 0 aliphatic carbocycles. The largest absolute Gasteiger partial charge is 0.330 e. The zero-order valence-electron chi connectivity index (χ0n) is 8.47. The molecule has 0 fully saturated rings. The second-order valence-corrected chi connectivity index (χ2v) is 4.03. The van der Waals surface area contributed by atoms with Gasteiger partial charge in [0.2, 0.25) is 0 Å². The fraction of sp³-hybridized carbons (Fsp3) is 0.364. The van der Waals surface area contributed by atoms with Crippen LogP contribution in [0, 0.1) is 11.7 Å². The number of nitrogens with two attached hydrogens (primary N) is 1. The Hall–Kier alpha value is -0.930. The fourth-order valence-corrected chi connectivity index (χ4v) is 1.38. The van der Waals surface area contributed by atoms with Gasteiger partial charge in [0.05, 0.1) is 5.56 Å². The summed E-state index contributed by atoms with van der Waals surface area (Å²) < 4.78 is 13.3. The number of Topliss-reactive ketones (excluding diaryl/α,β-unsaturated/α-hetero) is 1. The SMILES string of the molecule is CC(CN)CC(=O)c1ccc(Cl)cc1F. The fourth-order valence-electron chi connectivity index (χ4n) is 1.23. The van der Waals surface area contributed by atoms with E-state index in [0.29, 0.717) is 6.54 Å². The first-order chi connectivity index (χ1) is 7.04. The summed E-state index contributed by atoms with van der Waals surface area (Å²) in [6, 6.07) is 4.05. The number of rotatable bonds is 4. The third kappa shape index (κ3) is 3.29. The van der Waals surface area contributed by atoms with Crippen molar-refractivity contribution in [1.29, 1.82) is 0 Å². The molecular formula is C11H13ClFNO. The Morgan fingerprint density at radius 3 is 2.80 bits per heavy atom. The number of hydrogen-bond donors (Lipinski definition) is 1. The third-order valence-corrected chi connectivity index (χ3v) is 2.40. The highest BCUT2D eigenvalue weighted by atomic mass is 35.5. The molecule has 1 atom stereocenters. The van der Waals surface area contributed by atoms with Gasteiger partial charge in [0.25, 0.3) is 0 Å². The lowest BCUT2D eigenvalue weighted by atomic mass is 9.99. The van der Waals surface area contributed by atoms with Crippen molar-refractivity contribution in [3.05, 3.63) is 34.6 Å². The minimum atomic E-state index is -0.572. The number of hydrogen-bond acceptors (Lipinski definition) is 2. The van der Waals surface area contributed by atoms with E-state index in [1.54, 1.807) is 0 Å². The van der Waals surface area contributed by atoms with Crippen LogP contribution < -0.4 is 5.73 Å². The molecule has 82 valence electrons. The summed E-state index contributed by atoms with van der Waals surface area (Å²) in [6.07, 6.45) is 0.259. The second-order valence-electron chi connectivity index (χ2n) is 3.59. The van der Waals surface area contributed by atoms with E-state index in [4.69, 9.17) is 17.3 Å². The highest BCUT2D eigenvalue weighted by Gasteiger charge is 2.14. The van der Waals surface area contributed by atoms with E-state index in [9.17, 15) is 9.18 Å². The summed E-state index contributed by atoms with van der Waals surface area (Å²) in [5.41, 5.74) is 5.48. The van der Waals surface area contributed by atoms with Gasteiger partial charge in [0.1, 0.15) is 5.82 Å². The maximum Gasteiger partial charge on any atom is 0.166 e. The Labute approximate surface area is 93.2 Å². The van der Waals surface area contributed by atoms with Crippen LogP contribution >= 0.6 is 11.6 Å². The Morgan fingerprint density at radius 2 is 2.27 bits per heavy atom. The lowest BCUT2D eigenvalue weighted by molar-refractivity contribution is 0.0962. The molecule has 0 saturated carbocycles. The molecule has 0 heterocycles. The average molecular weight is 230 g/mol. The molecule has 0 amide bonds. The van der Waals surface area contributed by atoms with Crippen LogP contribution in [-0.4, -0.2) is 12.3 Å². The van der Waals surface area contributed by atoms with Crippen LogP contribution in [0.4, 0.5) is 4.39 Å². The monoisotopic (exact) mass is 229 g/mol. The van der Waals surface area contributed by atoms with E-state index in [-0.39, 0.29) is 28.7 Å². The minimum Gasteiger partial charge on any atom is -0.330 e. The number of benzene rings is 1. The lowest BCUT2D eigenvalue weighted by Crippen LogP contribution is -2.15. The van der Waals surface area contributed by atoms with Crippen LogP contribution in [0.3, 0.4) is 0 Å². The molecular weight excluding hydrogens is 217 g/mol. The van der Waals surface area contributed by atoms with Gasteiger partial charge >= 0.3 is 0 Å². The topological polar surface area (TPSA) is 43.1 Å². The van der Waals surface area contributed by atoms with Crippen molar-refractivity contribution in [2.24, 2.45) is 11.7 Å².